The van der Waals surface area contributed by atoms with Crippen molar-refractivity contribution in [3.8, 4) is 0 Å². The SMILES string of the molecule is [Ag].[Cu].[Mo].[Ti]. The second-order valence-electron chi connectivity index (χ2n) is 0. The van der Waals surface area contributed by atoms with Crippen molar-refractivity contribution in [3.05, 3.63) is 0 Å². The van der Waals surface area contributed by atoms with Crippen LogP contribution in [-0.4, -0.2) is 0 Å². The summed E-state index contributed by atoms with van der Waals surface area (Å²) in [5, 5.41) is 0. The molecule has 0 heterocycles. The molecule has 0 aliphatic carbocycles. The fraction of sp³-hybridized carbons (Fsp3) is 0. The largest absolute Gasteiger partial charge is 0 e. The van der Waals surface area contributed by atoms with E-state index in [2.05, 4.69) is 0 Å². The van der Waals surface area contributed by atoms with E-state index in [1.807, 2.05) is 0 Å². The van der Waals surface area contributed by atoms with Gasteiger partial charge in [0.15, 0.2) is 0 Å². The van der Waals surface area contributed by atoms with Gasteiger partial charge in [-0.3, -0.25) is 0 Å². The Balaban J connectivity index is 0. The first-order valence-electron chi connectivity index (χ1n) is 0. The average Bonchev–Trinajstić information content (AvgIpc) is 0. The normalized spacial score (nSPS) is 0. The number of hydrogen-bond donors (Lipinski definition) is 0. The molecule has 4 heavy (non-hydrogen) atoms. The van der Waals surface area contributed by atoms with E-state index < -0.39 is 0 Å². The van der Waals surface area contributed by atoms with Crippen molar-refractivity contribution in [1.82, 2.24) is 0 Å². The van der Waals surface area contributed by atoms with Gasteiger partial charge in [0, 0.05) is 82.2 Å². The van der Waals surface area contributed by atoms with Gasteiger partial charge in [-0.2, -0.15) is 0 Å². The van der Waals surface area contributed by atoms with Gasteiger partial charge in [-0.15, -0.1) is 0 Å². The summed E-state index contributed by atoms with van der Waals surface area (Å²) in [5.74, 6) is 0. The molecule has 0 saturated carbocycles. The summed E-state index contributed by atoms with van der Waals surface area (Å²) in [6.45, 7) is 0. The Morgan fingerprint density at radius 3 is 1.00 bits per heavy atom. The summed E-state index contributed by atoms with van der Waals surface area (Å²) in [7, 11) is 0. The third-order valence-corrected chi connectivity index (χ3v) is 0. The molecule has 32 valence electrons. The smallest absolute Gasteiger partial charge is 0 e. The molecule has 0 atom stereocenters. The van der Waals surface area contributed by atoms with E-state index in [9.17, 15) is 0 Å². The maximum atomic E-state index is 0. The van der Waals surface area contributed by atoms with Gasteiger partial charge < -0.3 is 0 Å². The molecule has 2 radical (unpaired) electrons. The summed E-state index contributed by atoms with van der Waals surface area (Å²) in [5.41, 5.74) is 0. The molecular weight excluding hydrogens is 315 g/mol. The molecule has 0 nitrogen and oxygen atoms in total. The predicted octanol–water partition coefficient (Wildman–Crippen LogP) is -0.0100. The van der Waals surface area contributed by atoms with Crippen LogP contribution in [0.25, 0.3) is 0 Å². The van der Waals surface area contributed by atoms with Gasteiger partial charge in [-0.25, -0.2) is 0 Å². The van der Waals surface area contributed by atoms with Gasteiger partial charge in [0.1, 0.15) is 0 Å². The third kappa shape index (κ3) is 8.82. The van der Waals surface area contributed by atoms with Crippen LogP contribution in [0.2, 0.25) is 0 Å². The first-order chi connectivity index (χ1) is 0. The topological polar surface area (TPSA) is 0 Å². The Morgan fingerprint density at radius 1 is 1.00 bits per heavy atom. The van der Waals surface area contributed by atoms with Gasteiger partial charge in [0.2, 0.25) is 0 Å². The van der Waals surface area contributed by atoms with E-state index in [1.54, 1.807) is 0 Å². The van der Waals surface area contributed by atoms with Crippen molar-refractivity contribution in [2.45, 2.75) is 0 Å². The molecular formula is AgCuMoTi. The molecule has 0 saturated heterocycles. The first kappa shape index (κ1) is 30.1. The number of rotatable bonds is 0. The Bertz CT molecular complexity index is 8.00. The van der Waals surface area contributed by atoms with E-state index in [1.165, 1.54) is 0 Å². The standard InChI is InChI=1S/Ag.Cu.Mo.Ti. The van der Waals surface area contributed by atoms with Crippen LogP contribution in [0.4, 0.5) is 0 Å². The molecule has 0 aliphatic rings. The zero-order valence-electron chi connectivity index (χ0n) is 1.51. The van der Waals surface area contributed by atoms with Crippen molar-refractivity contribution >= 4 is 0 Å². The molecule has 0 spiro atoms. The van der Waals surface area contributed by atoms with Gasteiger partial charge in [0.25, 0.3) is 0 Å². The van der Waals surface area contributed by atoms with Gasteiger partial charge in [0.05, 0.1) is 0 Å². The second-order valence-corrected chi connectivity index (χ2v) is 0. The molecule has 0 aromatic heterocycles. The summed E-state index contributed by atoms with van der Waals surface area (Å²) >= 11 is 0. The van der Waals surface area contributed by atoms with Crippen LogP contribution in [0.15, 0.2) is 0 Å². The maximum Gasteiger partial charge on any atom is 0 e. The second kappa shape index (κ2) is 17.4. The zero-order valence-corrected chi connectivity index (χ0v) is 7.50. The van der Waals surface area contributed by atoms with Crippen LogP contribution in [0.1, 0.15) is 0 Å². The van der Waals surface area contributed by atoms with Crippen LogP contribution in [-0.2, 0) is 82.2 Å². The molecule has 0 unspecified atom stereocenters. The Morgan fingerprint density at radius 2 is 1.00 bits per heavy atom. The Hall–Kier alpha value is 2.66. The summed E-state index contributed by atoms with van der Waals surface area (Å²) < 4.78 is 0. The van der Waals surface area contributed by atoms with Crippen LogP contribution in [0.5, 0.6) is 0 Å². The molecule has 0 amide bonds. The van der Waals surface area contributed by atoms with Gasteiger partial charge in [-0.05, 0) is 0 Å². The van der Waals surface area contributed by atoms with E-state index in [-0.39, 0.29) is 82.2 Å². The Labute approximate surface area is 81.0 Å². The van der Waals surface area contributed by atoms with Gasteiger partial charge in [-0.1, -0.05) is 0 Å². The number of hydrogen-bond acceptors (Lipinski definition) is 0. The van der Waals surface area contributed by atoms with Crippen molar-refractivity contribution in [3.63, 3.8) is 0 Å². The molecule has 0 fully saturated rings. The van der Waals surface area contributed by atoms with Crippen LogP contribution >= 0.6 is 0 Å². The van der Waals surface area contributed by atoms with Crippen molar-refractivity contribution in [1.29, 1.82) is 0 Å². The van der Waals surface area contributed by atoms with Crippen LogP contribution in [0, 0.1) is 0 Å². The average molecular weight is 315 g/mol. The van der Waals surface area contributed by atoms with E-state index >= 15 is 0 Å². The van der Waals surface area contributed by atoms with E-state index in [0.29, 0.717) is 0 Å². The fourth-order valence-corrected chi connectivity index (χ4v) is 0. The molecule has 0 N–H and O–H groups in total. The first-order valence-corrected chi connectivity index (χ1v) is 0. The monoisotopic (exact) mass is 316 g/mol. The Kier molecular flexibility index (Phi) is 131. The van der Waals surface area contributed by atoms with Crippen LogP contribution < -0.4 is 0 Å². The summed E-state index contributed by atoms with van der Waals surface area (Å²) in [6.07, 6.45) is 0. The fourth-order valence-electron chi connectivity index (χ4n) is 0. The minimum atomic E-state index is 0. The quantitative estimate of drug-likeness (QED) is 0.552. The predicted molar refractivity (Wildman–Crippen MR) is 0 cm³/mol. The van der Waals surface area contributed by atoms with E-state index in [4.69, 9.17) is 0 Å². The molecule has 0 aromatic carbocycles. The molecule has 4 heteroatoms. The van der Waals surface area contributed by atoms with Crippen LogP contribution in [0.3, 0.4) is 0 Å². The summed E-state index contributed by atoms with van der Waals surface area (Å²) in [6, 6.07) is 0. The molecule has 0 bridgehead atoms. The molecule has 0 aliphatic heterocycles. The summed E-state index contributed by atoms with van der Waals surface area (Å²) in [4.78, 5) is 0. The van der Waals surface area contributed by atoms with Crippen molar-refractivity contribution in [2.75, 3.05) is 0 Å². The van der Waals surface area contributed by atoms with Gasteiger partial charge >= 0.3 is 0 Å². The zero-order chi connectivity index (χ0) is 0. The molecule has 0 rings (SSSR count). The van der Waals surface area contributed by atoms with Crippen molar-refractivity contribution in [2.24, 2.45) is 0 Å². The minimum Gasteiger partial charge on any atom is 0 e. The maximum absolute atomic E-state index is 0. The van der Waals surface area contributed by atoms with Crippen molar-refractivity contribution < 1.29 is 82.2 Å². The van der Waals surface area contributed by atoms with E-state index in [0.717, 1.165) is 0 Å². The molecule has 0 aromatic rings. The third-order valence-electron chi connectivity index (χ3n) is 0. The minimum absolute atomic E-state index is 0.